The molecule has 18 heavy (non-hydrogen) atoms. The largest absolute Gasteiger partial charge is 0.380 e. The van der Waals surface area contributed by atoms with E-state index >= 15 is 0 Å². The molecular weight excluding hydrogens is 224 g/mol. The first-order valence-corrected chi connectivity index (χ1v) is 7.72. The summed E-state index contributed by atoms with van der Waals surface area (Å²) in [7, 11) is 0. The van der Waals surface area contributed by atoms with Gasteiger partial charge in [0.1, 0.15) is 0 Å². The first-order chi connectivity index (χ1) is 8.66. The Hall–Kier alpha value is -0.120. The molecule has 0 bridgehead atoms. The molecule has 1 N–H and O–H groups in total. The smallest absolute Gasteiger partial charge is 0.0593 e. The Balaban J connectivity index is 1.60. The van der Waals surface area contributed by atoms with Crippen LogP contribution in [-0.2, 0) is 4.74 Å². The molecule has 2 unspecified atom stereocenters. The van der Waals surface area contributed by atoms with Crippen LogP contribution in [0.4, 0.5) is 0 Å². The first kappa shape index (κ1) is 14.3. The third-order valence-electron chi connectivity index (χ3n) is 4.28. The Labute approximate surface area is 112 Å². The van der Waals surface area contributed by atoms with Crippen molar-refractivity contribution in [3.63, 3.8) is 0 Å². The molecule has 3 heteroatoms. The fraction of sp³-hybridized carbons (Fsp3) is 1.00. The maximum absolute atomic E-state index is 5.74. The molecule has 0 spiro atoms. The van der Waals surface area contributed by atoms with E-state index in [4.69, 9.17) is 4.74 Å². The van der Waals surface area contributed by atoms with Gasteiger partial charge in [0.15, 0.2) is 0 Å². The summed E-state index contributed by atoms with van der Waals surface area (Å²) in [5, 5.41) is 3.69. The molecular formula is C15H30N2O. The van der Waals surface area contributed by atoms with Gasteiger partial charge in [-0.05, 0) is 38.0 Å². The van der Waals surface area contributed by atoms with E-state index in [2.05, 4.69) is 31.0 Å². The average Bonchev–Trinajstić information content (AvgIpc) is 3.14. The number of nitrogens with zero attached hydrogens (tertiary/aromatic N) is 1. The molecule has 3 nitrogen and oxygen atoms in total. The third kappa shape index (κ3) is 4.52. The number of hydrogen-bond acceptors (Lipinski definition) is 3. The Kier molecular flexibility index (Phi) is 5.46. The minimum atomic E-state index is 0.661. The molecule has 2 rings (SSSR count). The highest BCUT2D eigenvalue weighted by atomic mass is 16.5. The van der Waals surface area contributed by atoms with Crippen LogP contribution in [0, 0.1) is 11.8 Å². The number of piperazine rings is 1. The Bertz CT molecular complexity index is 241. The van der Waals surface area contributed by atoms with Crippen LogP contribution < -0.4 is 5.32 Å². The van der Waals surface area contributed by atoms with Gasteiger partial charge in [-0.25, -0.2) is 0 Å². The highest BCUT2D eigenvalue weighted by molar-refractivity contribution is 4.93. The maximum atomic E-state index is 5.74. The second-order valence-electron chi connectivity index (χ2n) is 6.49. The topological polar surface area (TPSA) is 24.5 Å². The van der Waals surface area contributed by atoms with Crippen molar-refractivity contribution in [1.82, 2.24) is 10.2 Å². The SMILES string of the molecule is CC(C)CCOCCN1CC(C2CC2)NCC1C. The van der Waals surface area contributed by atoms with Gasteiger partial charge in [-0.15, -0.1) is 0 Å². The van der Waals surface area contributed by atoms with Crippen molar-refractivity contribution in [3.8, 4) is 0 Å². The molecule has 1 saturated carbocycles. The van der Waals surface area contributed by atoms with Crippen LogP contribution in [0.15, 0.2) is 0 Å². The lowest BCUT2D eigenvalue weighted by molar-refractivity contribution is 0.0635. The minimum Gasteiger partial charge on any atom is -0.380 e. The van der Waals surface area contributed by atoms with Crippen LogP contribution in [0.1, 0.15) is 40.0 Å². The molecule has 2 atom stereocenters. The second-order valence-corrected chi connectivity index (χ2v) is 6.49. The van der Waals surface area contributed by atoms with Crippen LogP contribution in [0.25, 0.3) is 0 Å². The van der Waals surface area contributed by atoms with Crippen LogP contribution in [0.5, 0.6) is 0 Å². The van der Waals surface area contributed by atoms with E-state index < -0.39 is 0 Å². The monoisotopic (exact) mass is 254 g/mol. The highest BCUT2D eigenvalue weighted by Crippen LogP contribution is 2.34. The van der Waals surface area contributed by atoms with Crippen molar-refractivity contribution in [3.05, 3.63) is 0 Å². The van der Waals surface area contributed by atoms with Gasteiger partial charge >= 0.3 is 0 Å². The van der Waals surface area contributed by atoms with Crippen molar-refractivity contribution in [2.24, 2.45) is 11.8 Å². The molecule has 106 valence electrons. The van der Waals surface area contributed by atoms with Gasteiger partial charge < -0.3 is 10.1 Å². The van der Waals surface area contributed by atoms with Gasteiger partial charge in [0.25, 0.3) is 0 Å². The van der Waals surface area contributed by atoms with E-state index in [0.29, 0.717) is 6.04 Å². The zero-order valence-electron chi connectivity index (χ0n) is 12.3. The number of ether oxygens (including phenoxy) is 1. The van der Waals surface area contributed by atoms with Crippen LogP contribution in [0.3, 0.4) is 0 Å². The van der Waals surface area contributed by atoms with Crippen molar-refractivity contribution < 1.29 is 4.74 Å². The quantitative estimate of drug-likeness (QED) is 0.704. The summed E-state index contributed by atoms with van der Waals surface area (Å²) in [5.74, 6) is 1.71. The molecule has 2 fully saturated rings. The first-order valence-electron chi connectivity index (χ1n) is 7.72. The Morgan fingerprint density at radius 1 is 1.28 bits per heavy atom. The van der Waals surface area contributed by atoms with Gasteiger partial charge in [-0.2, -0.15) is 0 Å². The molecule has 0 radical (unpaired) electrons. The van der Waals surface area contributed by atoms with E-state index in [1.807, 2.05) is 0 Å². The van der Waals surface area contributed by atoms with Gasteiger partial charge in [-0.1, -0.05) is 13.8 Å². The number of rotatable bonds is 7. The lowest BCUT2D eigenvalue weighted by Gasteiger charge is -2.39. The van der Waals surface area contributed by atoms with Crippen LogP contribution >= 0.6 is 0 Å². The zero-order chi connectivity index (χ0) is 13.0. The molecule has 0 aromatic heterocycles. The van der Waals surface area contributed by atoms with E-state index in [-0.39, 0.29) is 0 Å². The molecule has 1 heterocycles. The minimum absolute atomic E-state index is 0.661. The second kappa shape index (κ2) is 6.88. The molecule has 0 amide bonds. The molecule has 1 saturated heterocycles. The number of hydrogen-bond donors (Lipinski definition) is 1. The summed E-state index contributed by atoms with van der Waals surface area (Å²) in [6.45, 7) is 12.1. The van der Waals surface area contributed by atoms with Gasteiger partial charge in [-0.3, -0.25) is 4.90 Å². The summed E-state index contributed by atoms with van der Waals surface area (Å²) >= 11 is 0. The van der Waals surface area contributed by atoms with E-state index in [1.54, 1.807) is 0 Å². The molecule has 1 aliphatic carbocycles. The van der Waals surface area contributed by atoms with Gasteiger partial charge in [0, 0.05) is 38.3 Å². The van der Waals surface area contributed by atoms with Crippen molar-refractivity contribution >= 4 is 0 Å². The van der Waals surface area contributed by atoms with E-state index in [1.165, 1.54) is 25.8 Å². The maximum Gasteiger partial charge on any atom is 0.0593 e. The zero-order valence-corrected chi connectivity index (χ0v) is 12.3. The predicted octanol–water partition coefficient (Wildman–Crippen LogP) is 2.12. The van der Waals surface area contributed by atoms with Crippen molar-refractivity contribution in [2.45, 2.75) is 52.1 Å². The Morgan fingerprint density at radius 3 is 2.72 bits per heavy atom. The van der Waals surface area contributed by atoms with Crippen LogP contribution in [-0.4, -0.2) is 49.8 Å². The average molecular weight is 254 g/mol. The molecule has 2 aliphatic rings. The molecule has 0 aromatic rings. The summed E-state index contributed by atoms with van der Waals surface area (Å²) in [6, 6.07) is 1.41. The highest BCUT2D eigenvalue weighted by Gasteiger charge is 2.35. The predicted molar refractivity (Wildman–Crippen MR) is 75.8 cm³/mol. The van der Waals surface area contributed by atoms with Crippen LogP contribution in [0.2, 0.25) is 0 Å². The normalized spacial score (nSPS) is 30.0. The van der Waals surface area contributed by atoms with Gasteiger partial charge in [0.2, 0.25) is 0 Å². The fourth-order valence-electron chi connectivity index (χ4n) is 2.68. The summed E-state index contributed by atoms with van der Waals surface area (Å²) in [5.41, 5.74) is 0. The third-order valence-corrected chi connectivity index (χ3v) is 4.28. The van der Waals surface area contributed by atoms with Crippen molar-refractivity contribution in [2.75, 3.05) is 32.8 Å². The number of nitrogens with one attached hydrogen (secondary N) is 1. The Morgan fingerprint density at radius 2 is 2.06 bits per heavy atom. The lowest BCUT2D eigenvalue weighted by atomic mass is 10.1. The summed E-state index contributed by atoms with van der Waals surface area (Å²) in [6.07, 6.45) is 4.05. The fourth-order valence-corrected chi connectivity index (χ4v) is 2.68. The lowest BCUT2D eigenvalue weighted by Crippen LogP contribution is -2.56. The van der Waals surface area contributed by atoms with E-state index in [9.17, 15) is 0 Å². The summed E-state index contributed by atoms with van der Waals surface area (Å²) < 4.78 is 5.74. The van der Waals surface area contributed by atoms with Crippen molar-refractivity contribution in [1.29, 1.82) is 0 Å². The summed E-state index contributed by atoms with van der Waals surface area (Å²) in [4.78, 5) is 2.61. The van der Waals surface area contributed by atoms with E-state index in [0.717, 1.165) is 44.2 Å². The van der Waals surface area contributed by atoms with Gasteiger partial charge in [0.05, 0.1) is 6.61 Å². The molecule has 0 aromatic carbocycles. The standard InChI is InChI=1S/C15H30N2O/c1-12(2)6-8-18-9-7-17-11-15(14-4-5-14)16-10-13(17)3/h12-16H,4-11H2,1-3H3. The molecule has 1 aliphatic heterocycles.